The van der Waals surface area contributed by atoms with Crippen LogP contribution in [0.3, 0.4) is 0 Å². The lowest BCUT2D eigenvalue weighted by atomic mass is 9.94. The van der Waals surface area contributed by atoms with E-state index in [-0.39, 0.29) is 6.03 Å². The summed E-state index contributed by atoms with van der Waals surface area (Å²) in [7, 11) is 3.73. The molecule has 0 radical (unpaired) electrons. The highest BCUT2D eigenvalue weighted by Crippen LogP contribution is 2.19. The van der Waals surface area contributed by atoms with Crippen molar-refractivity contribution < 1.29 is 9.53 Å². The number of urea groups is 1. The summed E-state index contributed by atoms with van der Waals surface area (Å²) in [5.41, 5.74) is 1.45. The average molecular weight is 306 g/mol. The SMILES string of the molecule is COc1ccc(NC(=O)NCCC2CCN(C)CC2)c(C)n1. The number of rotatable bonds is 5. The number of carbonyl (C=O) groups excluding carboxylic acids is 1. The number of aryl methyl sites for hydroxylation is 1. The Bertz CT molecular complexity index is 499. The van der Waals surface area contributed by atoms with Crippen LogP contribution in [0.2, 0.25) is 0 Å². The van der Waals surface area contributed by atoms with E-state index in [9.17, 15) is 4.79 Å². The number of hydrogen-bond donors (Lipinski definition) is 2. The number of piperidine rings is 1. The van der Waals surface area contributed by atoms with E-state index in [1.54, 1.807) is 19.2 Å². The third-order valence-electron chi connectivity index (χ3n) is 4.19. The zero-order chi connectivity index (χ0) is 15.9. The zero-order valence-corrected chi connectivity index (χ0v) is 13.7. The van der Waals surface area contributed by atoms with Gasteiger partial charge in [0.25, 0.3) is 0 Å². The number of methoxy groups -OCH3 is 1. The first-order valence-electron chi connectivity index (χ1n) is 7.83. The van der Waals surface area contributed by atoms with E-state index in [1.165, 1.54) is 12.8 Å². The molecule has 0 atom stereocenters. The van der Waals surface area contributed by atoms with Crippen molar-refractivity contribution >= 4 is 11.7 Å². The van der Waals surface area contributed by atoms with E-state index < -0.39 is 0 Å². The predicted molar refractivity (Wildman–Crippen MR) is 87.4 cm³/mol. The summed E-state index contributed by atoms with van der Waals surface area (Å²) >= 11 is 0. The largest absolute Gasteiger partial charge is 0.481 e. The molecule has 0 bridgehead atoms. The van der Waals surface area contributed by atoms with E-state index in [4.69, 9.17) is 4.74 Å². The molecule has 2 heterocycles. The van der Waals surface area contributed by atoms with Gasteiger partial charge in [-0.1, -0.05) is 0 Å². The van der Waals surface area contributed by atoms with Crippen molar-refractivity contribution in [1.82, 2.24) is 15.2 Å². The number of pyridine rings is 1. The molecule has 0 unspecified atom stereocenters. The van der Waals surface area contributed by atoms with Crippen LogP contribution in [0.1, 0.15) is 25.0 Å². The monoisotopic (exact) mass is 306 g/mol. The molecule has 0 saturated carbocycles. The van der Waals surface area contributed by atoms with Gasteiger partial charge in [0, 0.05) is 12.6 Å². The molecule has 0 aliphatic carbocycles. The van der Waals surface area contributed by atoms with Crippen LogP contribution in [0.5, 0.6) is 5.88 Å². The van der Waals surface area contributed by atoms with Crippen LogP contribution in [-0.2, 0) is 0 Å². The lowest BCUT2D eigenvalue weighted by Gasteiger charge is -2.28. The molecule has 0 aromatic carbocycles. The Kier molecular flexibility index (Phi) is 6.00. The molecule has 22 heavy (non-hydrogen) atoms. The van der Waals surface area contributed by atoms with E-state index in [1.807, 2.05) is 6.92 Å². The van der Waals surface area contributed by atoms with Gasteiger partial charge in [0.1, 0.15) is 0 Å². The molecule has 2 N–H and O–H groups in total. The normalized spacial score (nSPS) is 16.3. The number of ether oxygens (including phenoxy) is 1. The molecule has 1 aromatic heterocycles. The molecule has 1 aliphatic heterocycles. The lowest BCUT2D eigenvalue weighted by Crippen LogP contribution is -2.34. The fourth-order valence-electron chi connectivity index (χ4n) is 2.69. The molecule has 6 nitrogen and oxygen atoms in total. The summed E-state index contributed by atoms with van der Waals surface area (Å²) in [5, 5.41) is 5.75. The van der Waals surface area contributed by atoms with Gasteiger partial charge in [-0.3, -0.25) is 0 Å². The van der Waals surface area contributed by atoms with Crippen molar-refractivity contribution in [2.75, 3.05) is 39.1 Å². The van der Waals surface area contributed by atoms with Crippen molar-refractivity contribution in [1.29, 1.82) is 0 Å². The van der Waals surface area contributed by atoms with Crippen LogP contribution in [-0.4, -0.2) is 49.7 Å². The minimum atomic E-state index is -0.178. The second kappa shape index (κ2) is 7.98. The molecular formula is C16H26N4O2. The Morgan fingerprint density at radius 2 is 2.14 bits per heavy atom. The third kappa shape index (κ3) is 4.87. The molecule has 1 aromatic rings. The summed E-state index contributed by atoms with van der Waals surface area (Å²) in [6.45, 7) is 4.88. The molecule has 2 rings (SSSR count). The predicted octanol–water partition coefficient (Wildman–Crippen LogP) is 2.25. The van der Waals surface area contributed by atoms with Gasteiger partial charge < -0.3 is 20.3 Å². The van der Waals surface area contributed by atoms with Crippen molar-refractivity contribution in [3.63, 3.8) is 0 Å². The molecule has 1 saturated heterocycles. The quantitative estimate of drug-likeness (QED) is 0.875. The van der Waals surface area contributed by atoms with Crippen LogP contribution in [0, 0.1) is 12.8 Å². The van der Waals surface area contributed by atoms with E-state index >= 15 is 0 Å². The van der Waals surface area contributed by atoms with Gasteiger partial charge in [0.05, 0.1) is 18.5 Å². The van der Waals surface area contributed by atoms with Gasteiger partial charge >= 0.3 is 6.03 Å². The molecule has 1 fully saturated rings. The van der Waals surface area contributed by atoms with Gasteiger partial charge in [-0.2, -0.15) is 0 Å². The van der Waals surface area contributed by atoms with Gasteiger partial charge in [0.2, 0.25) is 5.88 Å². The number of anilines is 1. The fourth-order valence-corrected chi connectivity index (χ4v) is 2.69. The lowest BCUT2D eigenvalue weighted by molar-refractivity contribution is 0.211. The van der Waals surface area contributed by atoms with E-state index in [0.29, 0.717) is 18.1 Å². The van der Waals surface area contributed by atoms with E-state index in [2.05, 4.69) is 27.6 Å². The highest BCUT2D eigenvalue weighted by Gasteiger charge is 2.16. The number of amides is 2. The molecule has 1 aliphatic rings. The van der Waals surface area contributed by atoms with Crippen molar-refractivity contribution in [2.24, 2.45) is 5.92 Å². The third-order valence-corrected chi connectivity index (χ3v) is 4.19. The highest BCUT2D eigenvalue weighted by atomic mass is 16.5. The Hall–Kier alpha value is -1.82. The first-order chi connectivity index (χ1) is 10.6. The highest BCUT2D eigenvalue weighted by molar-refractivity contribution is 5.89. The number of carbonyl (C=O) groups is 1. The molecule has 2 amide bonds. The zero-order valence-electron chi connectivity index (χ0n) is 13.7. The van der Waals surface area contributed by atoms with Gasteiger partial charge in [-0.25, -0.2) is 9.78 Å². The van der Waals surface area contributed by atoms with Crippen LogP contribution in [0.4, 0.5) is 10.5 Å². The summed E-state index contributed by atoms with van der Waals surface area (Å²) in [6.07, 6.45) is 3.49. The van der Waals surface area contributed by atoms with Crippen LogP contribution < -0.4 is 15.4 Å². The van der Waals surface area contributed by atoms with Crippen LogP contribution >= 0.6 is 0 Å². The van der Waals surface area contributed by atoms with Crippen molar-refractivity contribution in [2.45, 2.75) is 26.2 Å². The fraction of sp³-hybridized carbons (Fsp3) is 0.625. The molecular weight excluding hydrogens is 280 g/mol. The number of hydrogen-bond acceptors (Lipinski definition) is 4. The summed E-state index contributed by atoms with van der Waals surface area (Å²) in [6, 6.07) is 3.36. The number of likely N-dealkylation sites (tertiary alicyclic amines) is 1. The Labute approximate surface area is 132 Å². The van der Waals surface area contributed by atoms with Gasteiger partial charge in [-0.05, 0) is 58.3 Å². The second-order valence-electron chi connectivity index (χ2n) is 5.90. The topological polar surface area (TPSA) is 66.5 Å². The van der Waals surface area contributed by atoms with Gasteiger partial charge in [0.15, 0.2) is 0 Å². The Morgan fingerprint density at radius 3 is 2.77 bits per heavy atom. The number of nitrogens with one attached hydrogen (secondary N) is 2. The van der Waals surface area contributed by atoms with Crippen LogP contribution in [0.25, 0.3) is 0 Å². The summed E-state index contributed by atoms with van der Waals surface area (Å²) in [4.78, 5) is 18.5. The Morgan fingerprint density at radius 1 is 1.41 bits per heavy atom. The minimum Gasteiger partial charge on any atom is -0.481 e. The molecule has 122 valence electrons. The summed E-state index contributed by atoms with van der Waals surface area (Å²) < 4.78 is 5.05. The number of aromatic nitrogens is 1. The average Bonchev–Trinajstić information content (AvgIpc) is 2.51. The Balaban J connectivity index is 1.71. The maximum atomic E-state index is 11.9. The maximum Gasteiger partial charge on any atom is 0.319 e. The number of nitrogens with zero attached hydrogens (tertiary/aromatic N) is 2. The van der Waals surface area contributed by atoms with Crippen molar-refractivity contribution in [3.05, 3.63) is 17.8 Å². The van der Waals surface area contributed by atoms with Crippen molar-refractivity contribution in [3.8, 4) is 5.88 Å². The van der Waals surface area contributed by atoms with E-state index in [0.717, 1.165) is 31.1 Å². The smallest absolute Gasteiger partial charge is 0.319 e. The first kappa shape index (κ1) is 16.5. The van der Waals surface area contributed by atoms with Crippen LogP contribution in [0.15, 0.2) is 12.1 Å². The molecule has 0 spiro atoms. The minimum absolute atomic E-state index is 0.178. The maximum absolute atomic E-state index is 11.9. The second-order valence-corrected chi connectivity index (χ2v) is 5.90. The standard InChI is InChI=1S/C16H26N4O2/c1-12-14(4-5-15(18-12)22-3)19-16(21)17-9-6-13-7-10-20(2)11-8-13/h4-5,13H,6-11H2,1-3H3,(H2,17,19,21). The van der Waals surface area contributed by atoms with Gasteiger partial charge in [-0.15, -0.1) is 0 Å². The summed E-state index contributed by atoms with van der Waals surface area (Å²) in [5.74, 6) is 1.27. The first-order valence-corrected chi connectivity index (χ1v) is 7.83. The molecule has 6 heteroatoms.